The molecule has 2 N–H and O–H groups in total. The first-order valence-corrected chi connectivity index (χ1v) is 8.36. The normalized spacial score (nSPS) is 13.9. The maximum atomic E-state index is 10.1. The summed E-state index contributed by atoms with van der Waals surface area (Å²) in [5, 5.41) is 13.8. The molecule has 124 valence electrons. The van der Waals surface area contributed by atoms with E-state index in [0.29, 0.717) is 15.8 Å². The highest BCUT2D eigenvalue weighted by Gasteiger charge is 2.16. The average molecular weight is 350 g/mol. The van der Waals surface area contributed by atoms with Crippen LogP contribution in [0.5, 0.6) is 11.6 Å². The van der Waals surface area contributed by atoms with Crippen molar-refractivity contribution in [2.75, 3.05) is 12.4 Å². The molecule has 0 saturated carbocycles. The van der Waals surface area contributed by atoms with Gasteiger partial charge in [0, 0.05) is 29.6 Å². The number of aromatic nitrogens is 2. The molecule has 1 aliphatic rings. The number of pyridine rings is 1. The lowest BCUT2D eigenvalue weighted by molar-refractivity contribution is 0.415. The van der Waals surface area contributed by atoms with Gasteiger partial charge in [-0.2, -0.15) is 4.98 Å². The number of aliphatic imine (C=N–C) groups is 1. The van der Waals surface area contributed by atoms with Crippen LogP contribution >= 0.6 is 11.3 Å². The molecule has 7 heteroatoms. The minimum atomic E-state index is -0.0220. The molecule has 2 aromatic heterocycles. The summed E-state index contributed by atoms with van der Waals surface area (Å²) in [5.41, 5.74) is 2.76. The van der Waals surface area contributed by atoms with Gasteiger partial charge in [-0.25, -0.2) is 4.98 Å². The van der Waals surface area contributed by atoms with E-state index in [0.717, 1.165) is 22.6 Å². The number of hydrogen-bond donors (Lipinski definition) is 2. The molecule has 3 aromatic rings. The van der Waals surface area contributed by atoms with Crippen molar-refractivity contribution in [2.24, 2.45) is 4.99 Å². The molecular weight excluding hydrogens is 336 g/mol. The molecule has 3 heterocycles. The molecule has 1 aromatic carbocycles. The number of nitrogens with one attached hydrogen (secondary N) is 1. The number of hydrogen-bond acceptors (Lipinski definition) is 7. The summed E-state index contributed by atoms with van der Waals surface area (Å²) in [4.78, 5) is 13.4. The van der Waals surface area contributed by atoms with Crippen LogP contribution in [0.2, 0.25) is 0 Å². The molecule has 0 amide bonds. The number of fused-ring (bicyclic) bond motifs is 1. The third-order valence-corrected chi connectivity index (χ3v) is 4.59. The predicted octanol–water partition coefficient (Wildman–Crippen LogP) is 4.25. The maximum Gasteiger partial charge on any atom is 0.231 e. The lowest BCUT2D eigenvalue weighted by Gasteiger charge is -2.02. The molecule has 1 aliphatic heterocycles. The number of ether oxygens (including phenoxy) is 1. The fourth-order valence-corrected chi connectivity index (χ4v) is 3.29. The van der Waals surface area contributed by atoms with Gasteiger partial charge in [0.05, 0.1) is 17.7 Å². The molecule has 6 nitrogen and oxygen atoms in total. The van der Waals surface area contributed by atoms with Gasteiger partial charge in [-0.15, -0.1) is 0 Å². The summed E-state index contributed by atoms with van der Waals surface area (Å²) in [6.07, 6.45) is 5.34. The zero-order valence-electron chi connectivity index (χ0n) is 13.3. The van der Waals surface area contributed by atoms with Crippen LogP contribution in [0.3, 0.4) is 0 Å². The van der Waals surface area contributed by atoms with Crippen LogP contribution in [-0.4, -0.2) is 28.4 Å². The quantitative estimate of drug-likeness (QED) is 0.735. The number of anilines is 2. The van der Waals surface area contributed by atoms with Crippen LogP contribution in [0.1, 0.15) is 10.4 Å². The number of thiazole rings is 1. The lowest BCUT2D eigenvalue weighted by Crippen LogP contribution is -1.90. The molecule has 0 fully saturated rings. The van der Waals surface area contributed by atoms with Gasteiger partial charge in [0.2, 0.25) is 5.88 Å². The zero-order chi connectivity index (χ0) is 17.2. The van der Waals surface area contributed by atoms with Gasteiger partial charge in [0.15, 0.2) is 5.13 Å². The summed E-state index contributed by atoms with van der Waals surface area (Å²) < 4.78 is 5.22. The first-order chi connectivity index (χ1) is 12.2. The fourth-order valence-electron chi connectivity index (χ4n) is 2.47. The Morgan fingerprint density at radius 3 is 2.96 bits per heavy atom. The minimum Gasteiger partial charge on any atom is -0.497 e. The standard InChI is InChI=1S/C18H14N4O2S/c1-24-12-5-6-13-11(10-20-14(13)9-12)8-15-17(23)22-18(25-15)21-16-4-2-3-7-19-16/h2-10,23H,1H3,(H,19,21,22). The highest BCUT2D eigenvalue weighted by atomic mass is 32.1. The monoisotopic (exact) mass is 350 g/mol. The second-order valence-electron chi connectivity index (χ2n) is 5.29. The van der Waals surface area contributed by atoms with E-state index in [-0.39, 0.29) is 5.88 Å². The van der Waals surface area contributed by atoms with Crippen LogP contribution < -0.4 is 10.1 Å². The van der Waals surface area contributed by atoms with Gasteiger partial charge in [-0.3, -0.25) is 4.99 Å². The maximum absolute atomic E-state index is 10.1. The van der Waals surface area contributed by atoms with E-state index >= 15 is 0 Å². The van der Waals surface area contributed by atoms with Crippen molar-refractivity contribution in [1.82, 2.24) is 9.97 Å². The highest BCUT2D eigenvalue weighted by Crippen LogP contribution is 2.38. The molecule has 0 atom stereocenters. The minimum absolute atomic E-state index is 0.0220. The third kappa shape index (κ3) is 3.09. The highest BCUT2D eigenvalue weighted by molar-refractivity contribution is 7.16. The number of aromatic hydroxyl groups is 1. The molecule has 0 aliphatic carbocycles. The summed E-state index contributed by atoms with van der Waals surface area (Å²) in [6, 6.07) is 11.3. The molecule has 4 rings (SSSR count). The second-order valence-corrected chi connectivity index (χ2v) is 6.32. The van der Waals surface area contributed by atoms with Crippen molar-refractivity contribution in [3.63, 3.8) is 0 Å². The van der Waals surface area contributed by atoms with E-state index in [9.17, 15) is 5.11 Å². The lowest BCUT2D eigenvalue weighted by atomic mass is 10.1. The van der Waals surface area contributed by atoms with E-state index < -0.39 is 0 Å². The average Bonchev–Trinajstić information content (AvgIpc) is 3.19. The number of methoxy groups -OCH3 is 1. The Labute approximate surface area is 148 Å². The first kappa shape index (κ1) is 15.3. The van der Waals surface area contributed by atoms with Crippen molar-refractivity contribution in [2.45, 2.75) is 0 Å². The van der Waals surface area contributed by atoms with Crippen molar-refractivity contribution >= 4 is 45.8 Å². The van der Waals surface area contributed by atoms with E-state index in [4.69, 9.17) is 4.74 Å². The topological polar surface area (TPSA) is 79.6 Å². The van der Waals surface area contributed by atoms with Gasteiger partial charge in [-0.05, 0) is 30.3 Å². The molecule has 0 radical (unpaired) electrons. The zero-order valence-corrected chi connectivity index (χ0v) is 14.1. The largest absolute Gasteiger partial charge is 0.497 e. The Morgan fingerprint density at radius 2 is 2.16 bits per heavy atom. The van der Waals surface area contributed by atoms with E-state index in [2.05, 4.69) is 20.3 Å². The summed E-state index contributed by atoms with van der Waals surface area (Å²) in [6.45, 7) is 0. The number of allylic oxidation sites excluding steroid dienone is 1. The van der Waals surface area contributed by atoms with Gasteiger partial charge in [0.25, 0.3) is 0 Å². The third-order valence-electron chi connectivity index (χ3n) is 3.68. The summed E-state index contributed by atoms with van der Waals surface area (Å²) in [7, 11) is 1.63. The Balaban J connectivity index is 1.62. The molecule has 0 spiro atoms. The van der Waals surface area contributed by atoms with Crippen LogP contribution in [0.4, 0.5) is 16.6 Å². The van der Waals surface area contributed by atoms with Gasteiger partial charge >= 0.3 is 0 Å². The van der Waals surface area contributed by atoms with Gasteiger partial charge in [0.1, 0.15) is 11.6 Å². The molecule has 0 saturated heterocycles. The second kappa shape index (κ2) is 6.37. The molecule has 25 heavy (non-hydrogen) atoms. The number of benzene rings is 1. The van der Waals surface area contributed by atoms with Crippen molar-refractivity contribution < 1.29 is 9.84 Å². The number of rotatable bonds is 4. The molecule has 0 unspecified atom stereocenters. The van der Waals surface area contributed by atoms with Crippen molar-refractivity contribution in [3.8, 4) is 11.6 Å². The Morgan fingerprint density at radius 1 is 1.24 bits per heavy atom. The van der Waals surface area contributed by atoms with E-state index in [1.165, 1.54) is 11.3 Å². The van der Waals surface area contributed by atoms with Crippen LogP contribution in [0.25, 0.3) is 11.6 Å². The Hall–Kier alpha value is -3.19. The summed E-state index contributed by atoms with van der Waals surface area (Å²) >= 11 is 1.35. The van der Waals surface area contributed by atoms with Crippen LogP contribution in [0, 0.1) is 0 Å². The first-order valence-electron chi connectivity index (χ1n) is 7.55. The fraction of sp³-hybridized carbons (Fsp3) is 0.0556. The SMILES string of the molecule is COc1ccc2c(c1)N=CC2=Cc1sc(Nc2ccccn2)nc1O. The van der Waals surface area contributed by atoms with E-state index in [1.54, 1.807) is 19.5 Å². The van der Waals surface area contributed by atoms with Crippen LogP contribution in [0.15, 0.2) is 47.6 Å². The van der Waals surface area contributed by atoms with Gasteiger partial charge in [-0.1, -0.05) is 17.4 Å². The van der Waals surface area contributed by atoms with Crippen LogP contribution in [-0.2, 0) is 0 Å². The van der Waals surface area contributed by atoms with E-state index in [1.807, 2.05) is 42.5 Å². The number of nitrogens with zero attached hydrogens (tertiary/aromatic N) is 3. The Kier molecular flexibility index (Phi) is 3.91. The Bertz CT molecular complexity index is 980. The molecular formula is C18H14N4O2S. The van der Waals surface area contributed by atoms with Crippen molar-refractivity contribution in [1.29, 1.82) is 0 Å². The smallest absolute Gasteiger partial charge is 0.231 e. The van der Waals surface area contributed by atoms with Gasteiger partial charge < -0.3 is 15.2 Å². The molecule has 0 bridgehead atoms. The summed E-state index contributed by atoms with van der Waals surface area (Å²) in [5.74, 6) is 1.42. The predicted molar refractivity (Wildman–Crippen MR) is 100 cm³/mol. The van der Waals surface area contributed by atoms with Crippen molar-refractivity contribution in [3.05, 3.63) is 53.0 Å².